The van der Waals surface area contributed by atoms with Gasteiger partial charge in [-0.3, -0.25) is 9.59 Å². The van der Waals surface area contributed by atoms with Crippen LogP contribution in [-0.4, -0.2) is 82.3 Å². The van der Waals surface area contributed by atoms with Crippen LogP contribution in [0.15, 0.2) is 0 Å². The zero-order valence-corrected chi connectivity index (χ0v) is 41.8. The average molecular weight is 882 g/mol. The fraction of sp³-hybridized carbons (Fsp3) is 0.943. The number of unbranched alkanes of at least 4 members (excludes halogenated alkanes) is 35. The van der Waals surface area contributed by atoms with Crippen molar-refractivity contribution < 1.29 is 42.9 Å². The predicted molar refractivity (Wildman–Crippen MR) is 256 cm³/mol. The van der Waals surface area contributed by atoms with Gasteiger partial charge in [0.15, 0.2) is 12.4 Å². The van der Waals surface area contributed by atoms with E-state index >= 15 is 0 Å². The molecule has 62 heavy (non-hydrogen) atoms. The maximum atomic E-state index is 12.8. The molecule has 9 nitrogen and oxygen atoms in total. The quantitative estimate of drug-likeness (QED) is 0.0257. The van der Waals surface area contributed by atoms with Crippen LogP contribution in [0.3, 0.4) is 0 Å². The smallest absolute Gasteiger partial charge is 0.306 e. The van der Waals surface area contributed by atoms with E-state index in [0.29, 0.717) is 17.4 Å². The number of likely N-dealkylation sites (N-methyl/N-ethyl adjacent to an activating group) is 1. The van der Waals surface area contributed by atoms with Crippen LogP contribution < -0.4 is 5.11 Å². The van der Waals surface area contributed by atoms with Gasteiger partial charge in [-0.15, -0.1) is 0 Å². The van der Waals surface area contributed by atoms with Crippen molar-refractivity contribution in [2.45, 2.75) is 277 Å². The average Bonchev–Trinajstić information content (AvgIpc) is 3.23. The summed E-state index contributed by atoms with van der Waals surface area (Å²) in [6.45, 7) is 4.80. The minimum atomic E-state index is -1.61. The molecule has 0 aromatic heterocycles. The zero-order chi connectivity index (χ0) is 45.6. The Bertz CT molecular complexity index is 985. The van der Waals surface area contributed by atoms with Gasteiger partial charge in [0.05, 0.1) is 40.3 Å². The molecule has 0 aliphatic heterocycles. The Hall–Kier alpha value is -1.71. The topological polar surface area (TPSA) is 111 Å². The summed E-state index contributed by atoms with van der Waals surface area (Å²) in [4.78, 5) is 37.1. The van der Waals surface area contributed by atoms with E-state index in [1.807, 2.05) is 21.1 Å². The van der Waals surface area contributed by atoms with E-state index in [2.05, 4.69) is 13.8 Å². The normalized spacial score (nSPS) is 12.7. The number of carboxylic acid groups (broad SMARTS) is 1. The lowest BCUT2D eigenvalue weighted by molar-refractivity contribution is -0.870. The molecule has 0 heterocycles. The predicted octanol–water partition coefficient (Wildman–Crippen LogP) is 13.5. The van der Waals surface area contributed by atoms with Gasteiger partial charge in [-0.05, 0) is 12.8 Å². The van der Waals surface area contributed by atoms with Crippen LogP contribution in [-0.2, 0) is 33.3 Å². The van der Waals surface area contributed by atoms with Gasteiger partial charge in [-0.2, -0.15) is 0 Å². The molecule has 0 saturated carbocycles. The third-order valence-corrected chi connectivity index (χ3v) is 12.1. The monoisotopic (exact) mass is 882 g/mol. The molecule has 0 N–H and O–H groups in total. The number of carbonyl (C=O) groups excluding carboxylic acids is 3. The second-order valence-corrected chi connectivity index (χ2v) is 19.5. The first kappa shape index (κ1) is 60.3. The molecule has 2 atom stereocenters. The largest absolute Gasteiger partial charge is 0.545 e. The van der Waals surface area contributed by atoms with Gasteiger partial charge >= 0.3 is 11.9 Å². The van der Waals surface area contributed by atoms with Gasteiger partial charge in [0, 0.05) is 12.8 Å². The molecule has 0 aliphatic carbocycles. The van der Waals surface area contributed by atoms with Crippen LogP contribution >= 0.6 is 0 Å². The van der Waals surface area contributed by atoms with E-state index in [0.717, 1.165) is 38.5 Å². The van der Waals surface area contributed by atoms with Crippen molar-refractivity contribution in [3.8, 4) is 0 Å². The molecule has 0 rings (SSSR count). The van der Waals surface area contributed by atoms with E-state index in [1.165, 1.54) is 199 Å². The molecule has 0 saturated heterocycles. The zero-order valence-electron chi connectivity index (χ0n) is 41.8. The number of carbonyl (C=O) groups is 3. The minimum Gasteiger partial charge on any atom is -0.545 e. The first-order valence-electron chi connectivity index (χ1n) is 26.7. The van der Waals surface area contributed by atoms with Crippen molar-refractivity contribution in [1.29, 1.82) is 0 Å². The Morgan fingerprint density at radius 2 is 0.726 bits per heavy atom. The standard InChI is InChI=1S/C53H103NO8/c1-6-8-10-12-14-16-18-20-22-23-24-25-26-27-28-30-32-34-36-38-40-42-44-51(56)62-49(48-61-53(52(57)58)59-46-45-54(3,4)5)47-60-50(55)43-41-39-37-35-33-31-29-21-19-17-15-13-11-9-7-2/h49,53H,6-48H2,1-5H3. The Morgan fingerprint density at radius 1 is 0.419 bits per heavy atom. The second kappa shape index (κ2) is 45.8. The minimum absolute atomic E-state index is 0.153. The lowest BCUT2D eigenvalue weighted by Crippen LogP contribution is -2.44. The number of nitrogens with zero attached hydrogens (tertiary/aromatic N) is 1. The molecule has 0 spiro atoms. The van der Waals surface area contributed by atoms with Crippen LogP contribution in [0.2, 0.25) is 0 Å². The van der Waals surface area contributed by atoms with E-state index in [1.54, 1.807) is 0 Å². The molecule has 0 aromatic carbocycles. The number of hydrogen-bond acceptors (Lipinski definition) is 8. The Morgan fingerprint density at radius 3 is 1.03 bits per heavy atom. The highest BCUT2D eigenvalue weighted by Crippen LogP contribution is 2.17. The highest BCUT2D eigenvalue weighted by atomic mass is 16.7. The van der Waals surface area contributed by atoms with Crippen molar-refractivity contribution in [2.75, 3.05) is 47.5 Å². The molecule has 0 aliphatic rings. The first-order chi connectivity index (χ1) is 30.1. The lowest BCUT2D eigenvalue weighted by Gasteiger charge is -2.26. The summed E-state index contributed by atoms with van der Waals surface area (Å²) >= 11 is 0. The number of quaternary nitrogens is 1. The van der Waals surface area contributed by atoms with Crippen LogP contribution in [0.5, 0.6) is 0 Å². The number of ether oxygens (including phenoxy) is 4. The molecule has 2 unspecified atom stereocenters. The van der Waals surface area contributed by atoms with Crippen molar-refractivity contribution in [3.05, 3.63) is 0 Å². The highest BCUT2D eigenvalue weighted by molar-refractivity contribution is 5.70. The summed E-state index contributed by atoms with van der Waals surface area (Å²) in [6.07, 6.45) is 45.7. The molecule has 0 amide bonds. The third-order valence-electron chi connectivity index (χ3n) is 12.1. The van der Waals surface area contributed by atoms with Crippen LogP contribution in [0.25, 0.3) is 0 Å². The molecule has 9 heteroatoms. The van der Waals surface area contributed by atoms with Gasteiger partial charge in [0.2, 0.25) is 0 Å². The molecule has 0 radical (unpaired) electrons. The molecular formula is C53H103NO8. The van der Waals surface area contributed by atoms with Gasteiger partial charge in [-0.1, -0.05) is 239 Å². The van der Waals surface area contributed by atoms with Crippen molar-refractivity contribution in [1.82, 2.24) is 0 Å². The summed E-state index contributed by atoms with van der Waals surface area (Å²) in [5.74, 6) is -2.26. The number of rotatable bonds is 50. The van der Waals surface area contributed by atoms with E-state index in [-0.39, 0.29) is 32.2 Å². The maximum absolute atomic E-state index is 12.8. The van der Waals surface area contributed by atoms with Gasteiger partial charge in [-0.25, -0.2) is 0 Å². The van der Waals surface area contributed by atoms with Crippen molar-refractivity contribution in [2.24, 2.45) is 0 Å². The summed E-state index contributed by atoms with van der Waals surface area (Å²) in [7, 11) is 5.93. The summed E-state index contributed by atoms with van der Waals surface area (Å²) in [5, 5.41) is 11.7. The van der Waals surface area contributed by atoms with Gasteiger partial charge in [0.25, 0.3) is 0 Å². The Labute approximate surface area is 383 Å². The summed E-state index contributed by atoms with van der Waals surface area (Å²) in [6, 6.07) is 0. The molecular weight excluding hydrogens is 779 g/mol. The van der Waals surface area contributed by atoms with Gasteiger partial charge < -0.3 is 33.3 Å². The van der Waals surface area contributed by atoms with Crippen LogP contribution in [0.1, 0.15) is 264 Å². The van der Waals surface area contributed by atoms with E-state index in [4.69, 9.17) is 18.9 Å². The SMILES string of the molecule is CCCCCCCCCCCCCCCCCCCCCCCCC(=O)OC(COC(=O)CCCCCCCCCCCCCCCCC)COC(OCC[N+](C)(C)C)C(=O)[O-]. The summed E-state index contributed by atoms with van der Waals surface area (Å²) < 4.78 is 22.7. The van der Waals surface area contributed by atoms with Crippen molar-refractivity contribution in [3.63, 3.8) is 0 Å². The summed E-state index contributed by atoms with van der Waals surface area (Å²) in [5.41, 5.74) is 0. The van der Waals surface area contributed by atoms with E-state index in [9.17, 15) is 19.5 Å². The number of carboxylic acids is 1. The van der Waals surface area contributed by atoms with Crippen LogP contribution in [0, 0.1) is 0 Å². The van der Waals surface area contributed by atoms with E-state index < -0.39 is 24.3 Å². The number of hydrogen-bond donors (Lipinski definition) is 0. The van der Waals surface area contributed by atoms with Crippen LogP contribution in [0.4, 0.5) is 0 Å². The highest BCUT2D eigenvalue weighted by Gasteiger charge is 2.22. The molecule has 0 fully saturated rings. The Kier molecular flexibility index (Phi) is 44.6. The fourth-order valence-corrected chi connectivity index (χ4v) is 7.95. The third kappa shape index (κ3) is 46.3. The van der Waals surface area contributed by atoms with Crippen molar-refractivity contribution >= 4 is 17.9 Å². The molecule has 0 bridgehead atoms. The fourth-order valence-electron chi connectivity index (χ4n) is 7.95. The number of aliphatic carboxylic acids is 1. The Balaban J connectivity index is 4.24. The second-order valence-electron chi connectivity index (χ2n) is 19.5. The first-order valence-corrected chi connectivity index (χ1v) is 26.7. The number of esters is 2. The maximum Gasteiger partial charge on any atom is 0.306 e. The lowest BCUT2D eigenvalue weighted by atomic mass is 10.0. The van der Waals surface area contributed by atoms with Gasteiger partial charge in [0.1, 0.15) is 13.2 Å². The molecule has 0 aromatic rings. The molecule has 368 valence electrons.